The van der Waals surface area contributed by atoms with E-state index >= 15 is 0 Å². The van der Waals surface area contributed by atoms with Gasteiger partial charge in [0.05, 0.1) is 0 Å². The summed E-state index contributed by atoms with van der Waals surface area (Å²) < 4.78 is 5.92. The number of rotatable bonds is 3. The van der Waals surface area contributed by atoms with E-state index in [2.05, 4.69) is 11.4 Å². The SMILES string of the molecule is CSc1cccc(O[C@H]2CCCNC2)c1C#N. The molecule has 1 aromatic rings. The summed E-state index contributed by atoms with van der Waals surface area (Å²) in [5.41, 5.74) is 0.658. The molecule has 1 fully saturated rings. The van der Waals surface area contributed by atoms with Crippen molar-refractivity contribution >= 4 is 11.8 Å². The lowest BCUT2D eigenvalue weighted by Gasteiger charge is -2.24. The molecule has 0 saturated carbocycles. The van der Waals surface area contributed by atoms with Crippen molar-refractivity contribution in [3.8, 4) is 11.8 Å². The predicted octanol–water partition coefficient (Wildman–Crippen LogP) is 2.41. The lowest BCUT2D eigenvalue weighted by molar-refractivity contribution is 0.166. The van der Waals surface area contributed by atoms with E-state index in [1.165, 1.54) is 0 Å². The first-order valence-electron chi connectivity index (χ1n) is 5.79. The van der Waals surface area contributed by atoms with Crippen LogP contribution in [0.1, 0.15) is 18.4 Å². The highest BCUT2D eigenvalue weighted by Gasteiger charge is 2.17. The van der Waals surface area contributed by atoms with Crippen LogP contribution in [0.15, 0.2) is 23.1 Å². The second-order valence-electron chi connectivity index (χ2n) is 4.03. The van der Waals surface area contributed by atoms with E-state index in [1.807, 2.05) is 24.5 Å². The molecular weight excluding hydrogens is 232 g/mol. The van der Waals surface area contributed by atoms with Crippen molar-refractivity contribution in [3.05, 3.63) is 23.8 Å². The van der Waals surface area contributed by atoms with Crippen LogP contribution in [-0.2, 0) is 0 Å². The summed E-state index contributed by atoms with van der Waals surface area (Å²) in [6.45, 7) is 1.93. The van der Waals surface area contributed by atoms with Crippen molar-refractivity contribution in [1.82, 2.24) is 5.32 Å². The first-order chi connectivity index (χ1) is 8.35. The third kappa shape index (κ3) is 2.93. The minimum atomic E-state index is 0.188. The average Bonchev–Trinajstić information content (AvgIpc) is 2.39. The average molecular weight is 248 g/mol. The van der Waals surface area contributed by atoms with E-state index < -0.39 is 0 Å². The van der Waals surface area contributed by atoms with Gasteiger partial charge in [0.1, 0.15) is 23.5 Å². The second-order valence-corrected chi connectivity index (χ2v) is 4.88. The number of thioether (sulfide) groups is 1. The second kappa shape index (κ2) is 5.95. The predicted molar refractivity (Wildman–Crippen MR) is 69.5 cm³/mol. The van der Waals surface area contributed by atoms with Crippen LogP contribution in [0, 0.1) is 11.3 Å². The molecule has 1 aromatic carbocycles. The zero-order valence-electron chi connectivity index (χ0n) is 9.90. The minimum absolute atomic E-state index is 0.188. The number of nitrogens with one attached hydrogen (secondary N) is 1. The van der Waals surface area contributed by atoms with Crippen LogP contribution in [0.25, 0.3) is 0 Å². The molecule has 4 heteroatoms. The number of hydrogen-bond donors (Lipinski definition) is 1. The molecule has 1 N–H and O–H groups in total. The van der Waals surface area contributed by atoms with Crippen LogP contribution < -0.4 is 10.1 Å². The van der Waals surface area contributed by atoms with Crippen molar-refractivity contribution in [2.75, 3.05) is 19.3 Å². The van der Waals surface area contributed by atoms with Gasteiger partial charge in [-0.25, -0.2) is 0 Å². The van der Waals surface area contributed by atoms with Gasteiger partial charge >= 0.3 is 0 Å². The van der Waals surface area contributed by atoms with Crippen LogP contribution in [0.5, 0.6) is 5.75 Å². The standard InChI is InChI=1S/C13H16N2OS/c1-17-13-6-2-5-12(11(13)8-14)16-10-4-3-7-15-9-10/h2,5-6,10,15H,3-4,7,9H2,1H3/t10-/m0/s1. The smallest absolute Gasteiger partial charge is 0.138 e. The molecule has 2 rings (SSSR count). The fourth-order valence-electron chi connectivity index (χ4n) is 1.99. The van der Waals surface area contributed by atoms with Gasteiger partial charge in [-0.2, -0.15) is 5.26 Å². The number of nitrogens with zero attached hydrogens (tertiary/aromatic N) is 1. The van der Waals surface area contributed by atoms with E-state index in [0.717, 1.165) is 30.8 Å². The molecule has 0 aromatic heterocycles. The van der Waals surface area contributed by atoms with Crippen molar-refractivity contribution < 1.29 is 4.74 Å². The Labute approximate surface area is 106 Å². The fourth-order valence-corrected chi connectivity index (χ4v) is 2.55. The molecule has 0 unspecified atom stereocenters. The largest absolute Gasteiger partial charge is 0.488 e. The monoisotopic (exact) mass is 248 g/mol. The Balaban J connectivity index is 2.17. The van der Waals surface area contributed by atoms with Crippen molar-refractivity contribution in [2.24, 2.45) is 0 Å². The van der Waals surface area contributed by atoms with Gasteiger partial charge in [-0.1, -0.05) is 6.07 Å². The maximum atomic E-state index is 9.20. The summed E-state index contributed by atoms with van der Waals surface area (Å²) in [6, 6.07) is 8.02. The highest BCUT2D eigenvalue weighted by Crippen LogP contribution is 2.29. The fraction of sp³-hybridized carbons (Fsp3) is 0.462. The Kier molecular flexibility index (Phi) is 4.29. The van der Waals surface area contributed by atoms with Crippen LogP contribution in [-0.4, -0.2) is 25.4 Å². The molecule has 17 heavy (non-hydrogen) atoms. The summed E-state index contributed by atoms with van der Waals surface area (Å²) in [5.74, 6) is 0.716. The molecule has 1 heterocycles. The Morgan fingerprint density at radius 2 is 2.41 bits per heavy atom. The molecule has 0 aliphatic carbocycles. The van der Waals surface area contributed by atoms with Gasteiger partial charge in [-0.3, -0.25) is 0 Å². The Bertz CT molecular complexity index is 422. The normalized spacial score (nSPS) is 19.6. The highest BCUT2D eigenvalue weighted by molar-refractivity contribution is 7.98. The summed E-state index contributed by atoms with van der Waals surface area (Å²) in [6.07, 6.45) is 4.35. The van der Waals surface area contributed by atoms with Crippen molar-refractivity contribution in [3.63, 3.8) is 0 Å². The zero-order chi connectivity index (χ0) is 12.1. The van der Waals surface area contributed by atoms with E-state index in [1.54, 1.807) is 11.8 Å². The topological polar surface area (TPSA) is 45.0 Å². The van der Waals surface area contributed by atoms with E-state index in [4.69, 9.17) is 4.74 Å². The number of nitriles is 1. The maximum Gasteiger partial charge on any atom is 0.138 e. The third-order valence-electron chi connectivity index (χ3n) is 2.87. The highest BCUT2D eigenvalue weighted by atomic mass is 32.2. The number of benzene rings is 1. The lowest BCUT2D eigenvalue weighted by Crippen LogP contribution is -2.37. The van der Waals surface area contributed by atoms with E-state index in [9.17, 15) is 5.26 Å². The first-order valence-corrected chi connectivity index (χ1v) is 7.02. The van der Waals surface area contributed by atoms with Crippen LogP contribution >= 0.6 is 11.8 Å². The van der Waals surface area contributed by atoms with Crippen molar-refractivity contribution in [1.29, 1.82) is 5.26 Å². The van der Waals surface area contributed by atoms with Crippen molar-refractivity contribution in [2.45, 2.75) is 23.8 Å². The molecule has 90 valence electrons. The molecule has 1 aliphatic rings. The van der Waals surface area contributed by atoms with Crippen LogP contribution in [0.4, 0.5) is 0 Å². The molecule has 1 saturated heterocycles. The zero-order valence-corrected chi connectivity index (χ0v) is 10.7. The Hall–Kier alpha value is -1.18. The number of ether oxygens (including phenoxy) is 1. The van der Waals surface area contributed by atoms with E-state index in [0.29, 0.717) is 11.3 Å². The summed E-state index contributed by atoms with van der Waals surface area (Å²) in [5, 5.41) is 12.5. The van der Waals surface area contributed by atoms with Gasteiger partial charge in [0.15, 0.2) is 0 Å². The van der Waals surface area contributed by atoms with Gasteiger partial charge in [0.25, 0.3) is 0 Å². The molecule has 0 bridgehead atoms. The molecule has 0 amide bonds. The Morgan fingerprint density at radius 3 is 3.06 bits per heavy atom. The lowest BCUT2D eigenvalue weighted by atomic mass is 10.1. The summed E-state index contributed by atoms with van der Waals surface area (Å²) >= 11 is 1.58. The van der Waals surface area contributed by atoms with E-state index in [-0.39, 0.29) is 6.10 Å². The van der Waals surface area contributed by atoms with Crippen LogP contribution in [0.3, 0.4) is 0 Å². The molecule has 1 atom stereocenters. The number of hydrogen-bond acceptors (Lipinski definition) is 4. The molecule has 3 nitrogen and oxygen atoms in total. The van der Waals surface area contributed by atoms with Gasteiger partial charge in [0, 0.05) is 11.4 Å². The molecule has 0 spiro atoms. The Morgan fingerprint density at radius 1 is 1.53 bits per heavy atom. The molecule has 0 radical (unpaired) electrons. The maximum absolute atomic E-state index is 9.20. The molecule has 1 aliphatic heterocycles. The summed E-state index contributed by atoms with van der Waals surface area (Å²) in [7, 11) is 0. The quantitative estimate of drug-likeness (QED) is 0.834. The van der Waals surface area contributed by atoms with Crippen LogP contribution in [0.2, 0.25) is 0 Å². The van der Waals surface area contributed by atoms with Gasteiger partial charge in [-0.05, 0) is 37.8 Å². The van der Waals surface area contributed by atoms with Gasteiger partial charge < -0.3 is 10.1 Å². The number of piperidine rings is 1. The van der Waals surface area contributed by atoms with Gasteiger partial charge in [0.2, 0.25) is 0 Å². The molecular formula is C13H16N2OS. The summed E-state index contributed by atoms with van der Waals surface area (Å²) in [4.78, 5) is 0.980. The first kappa shape index (κ1) is 12.3. The van der Waals surface area contributed by atoms with Gasteiger partial charge in [-0.15, -0.1) is 11.8 Å². The third-order valence-corrected chi connectivity index (χ3v) is 3.65. The minimum Gasteiger partial charge on any atom is -0.488 e.